The van der Waals surface area contributed by atoms with E-state index in [9.17, 15) is 19.1 Å². The minimum atomic E-state index is -1.05. The fraction of sp³-hybridized carbons (Fsp3) is 0.258. The van der Waals surface area contributed by atoms with Crippen molar-refractivity contribution in [1.82, 2.24) is 4.98 Å². The zero-order valence-electron chi connectivity index (χ0n) is 22.8. The number of anilines is 1. The lowest BCUT2D eigenvalue weighted by molar-refractivity contribution is -0.132. The van der Waals surface area contributed by atoms with Gasteiger partial charge in [-0.3, -0.25) is 14.5 Å². The molecule has 4 aromatic rings. The Kier molecular flexibility index (Phi) is 8.21. The van der Waals surface area contributed by atoms with Gasteiger partial charge in [-0.05, 0) is 61.4 Å². The number of nitrogens with zero attached hydrogens (tertiary/aromatic N) is 2. The summed E-state index contributed by atoms with van der Waals surface area (Å²) in [6.07, 6.45) is 1.83. The van der Waals surface area contributed by atoms with Gasteiger partial charge < -0.3 is 19.3 Å². The van der Waals surface area contributed by atoms with Crippen LogP contribution in [0.15, 0.2) is 66.2 Å². The number of aliphatic hydroxyl groups is 1. The van der Waals surface area contributed by atoms with E-state index in [2.05, 4.69) is 11.9 Å². The Bertz CT molecular complexity index is 1650. The van der Waals surface area contributed by atoms with Crippen LogP contribution in [0.5, 0.6) is 17.2 Å². The molecular weight excluding hydrogens is 547 g/mol. The summed E-state index contributed by atoms with van der Waals surface area (Å²) in [5.41, 5.74) is 1.18. The Balaban J connectivity index is 1.68. The van der Waals surface area contributed by atoms with Crippen molar-refractivity contribution in [3.05, 3.63) is 83.2 Å². The number of hydrogen-bond donors (Lipinski definition) is 1. The summed E-state index contributed by atoms with van der Waals surface area (Å²) < 4.78 is 31.5. The molecule has 1 amide bonds. The van der Waals surface area contributed by atoms with Crippen molar-refractivity contribution in [3.8, 4) is 17.2 Å². The van der Waals surface area contributed by atoms with Crippen LogP contribution in [0, 0.1) is 5.82 Å². The van der Waals surface area contributed by atoms with Crippen molar-refractivity contribution in [2.75, 3.05) is 25.2 Å². The molecule has 1 saturated heterocycles. The maximum Gasteiger partial charge on any atom is 0.301 e. The summed E-state index contributed by atoms with van der Waals surface area (Å²) in [6, 6.07) is 14.9. The molecule has 41 heavy (non-hydrogen) atoms. The first-order valence-corrected chi connectivity index (χ1v) is 14.1. The molecule has 5 rings (SSSR count). The minimum absolute atomic E-state index is 0.115. The van der Waals surface area contributed by atoms with Crippen molar-refractivity contribution in [2.24, 2.45) is 0 Å². The zero-order valence-corrected chi connectivity index (χ0v) is 23.7. The maximum absolute atomic E-state index is 13.9. The quantitative estimate of drug-likeness (QED) is 0.0977. The lowest BCUT2D eigenvalue weighted by atomic mass is 9.95. The lowest BCUT2D eigenvalue weighted by Gasteiger charge is -2.24. The number of amides is 1. The van der Waals surface area contributed by atoms with Gasteiger partial charge in [0.15, 0.2) is 16.6 Å². The third-order valence-electron chi connectivity index (χ3n) is 6.67. The van der Waals surface area contributed by atoms with E-state index in [4.69, 9.17) is 14.2 Å². The number of Topliss-reactive ketones (excluding diaryl/α,β-unsaturated/α-hetero) is 1. The number of carbonyl (C=O) groups excluding carboxylic acids is 2. The normalized spacial score (nSPS) is 16.4. The number of carbonyl (C=O) groups is 2. The number of rotatable bonds is 10. The number of ketones is 1. The largest absolute Gasteiger partial charge is 0.507 e. The second-order valence-corrected chi connectivity index (χ2v) is 10.4. The van der Waals surface area contributed by atoms with Gasteiger partial charge in [0.1, 0.15) is 17.3 Å². The molecule has 212 valence electrons. The fourth-order valence-electron chi connectivity index (χ4n) is 4.69. The summed E-state index contributed by atoms with van der Waals surface area (Å²) in [6.45, 7) is 4.82. The van der Waals surface area contributed by atoms with Gasteiger partial charge in [0.25, 0.3) is 5.78 Å². The predicted molar refractivity (Wildman–Crippen MR) is 155 cm³/mol. The molecule has 1 aromatic heterocycles. The number of aliphatic hydroxyl groups excluding tert-OH is 1. The molecule has 0 saturated carbocycles. The first-order chi connectivity index (χ1) is 19.9. The van der Waals surface area contributed by atoms with Crippen molar-refractivity contribution < 1.29 is 33.3 Å². The lowest BCUT2D eigenvalue weighted by Crippen LogP contribution is -2.29. The molecule has 1 N–H and O–H groups in total. The highest BCUT2D eigenvalue weighted by Crippen LogP contribution is 2.46. The standard InChI is InChI=1S/C31H29FN2O6S/c1-4-6-14-40-23-13-10-18(16-24(23)38-3)27-26(28(35)19-8-7-9-21(15-19)39-5-2)29(36)30(37)34(27)31-33-22-12-11-20(32)17-25(22)41-31/h7-13,15-17,27,35H,4-6,14H2,1-3H3. The van der Waals surface area contributed by atoms with E-state index in [1.54, 1.807) is 42.5 Å². The molecule has 0 radical (unpaired) electrons. The van der Waals surface area contributed by atoms with Gasteiger partial charge in [0.2, 0.25) is 0 Å². The predicted octanol–water partition coefficient (Wildman–Crippen LogP) is 6.65. The van der Waals surface area contributed by atoms with Crippen LogP contribution in [0.4, 0.5) is 9.52 Å². The van der Waals surface area contributed by atoms with Gasteiger partial charge in [0.05, 0.1) is 42.2 Å². The van der Waals surface area contributed by atoms with E-state index in [0.29, 0.717) is 51.8 Å². The Hall–Kier alpha value is -4.44. The molecule has 2 heterocycles. The number of fused-ring (bicyclic) bond motifs is 1. The first kappa shape index (κ1) is 28.1. The van der Waals surface area contributed by atoms with E-state index in [0.717, 1.165) is 24.2 Å². The van der Waals surface area contributed by atoms with Gasteiger partial charge in [0, 0.05) is 5.56 Å². The monoisotopic (exact) mass is 576 g/mol. The Morgan fingerprint density at radius 3 is 2.63 bits per heavy atom. The Morgan fingerprint density at radius 2 is 1.88 bits per heavy atom. The molecule has 10 heteroatoms. The summed E-state index contributed by atoms with van der Waals surface area (Å²) in [4.78, 5) is 33.0. The summed E-state index contributed by atoms with van der Waals surface area (Å²) >= 11 is 1.08. The molecule has 8 nitrogen and oxygen atoms in total. The summed E-state index contributed by atoms with van der Waals surface area (Å²) in [7, 11) is 1.50. The van der Waals surface area contributed by atoms with Crippen molar-refractivity contribution in [2.45, 2.75) is 32.7 Å². The topological polar surface area (TPSA) is 98.2 Å². The third kappa shape index (κ3) is 5.47. The van der Waals surface area contributed by atoms with Gasteiger partial charge in [-0.15, -0.1) is 0 Å². The van der Waals surface area contributed by atoms with Crippen LogP contribution in [0.3, 0.4) is 0 Å². The molecule has 1 fully saturated rings. The van der Waals surface area contributed by atoms with E-state index >= 15 is 0 Å². The Morgan fingerprint density at radius 1 is 1.05 bits per heavy atom. The molecule has 0 bridgehead atoms. The average Bonchev–Trinajstić information content (AvgIpc) is 3.50. The maximum atomic E-state index is 13.9. The number of aromatic nitrogens is 1. The van der Waals surface area contributed by atoms with Crippen LogP contribution in [0.2, 0.25) is 0 Å². The van der Waals surface area contributed by atoms with Crippen LogP contribution >= 0.6 is 11.3 Å². The Labute approximate surface area is 240 Å². The van der Waals surface area contributed by atoms with Crippen molar-refractivity contribution >= 4 is 44.1 Å². The van der Waals surface area contributed by atoms with E-state index in [1.165, 1.54) is 30.2 Å². The number of thiazole rings is 1. The van der Waals surface area contributed by atoms with E-state index in [1.807, 2.05) is 6.92 Å². The molecule has 0 aliphatic carbocycles. The number of unbranched alkanes of at least 4 members (excludes halogenated alkanes) is 1. The van der Waals surface area contributed by atoms with Crippen molar-refractivity contribution in [1.29, 1.82) is 0 Å². The van der Waals surface area contributed by atoms with Gasteiger partial charge in [-0.1, -0.05) is 42.9 Å². The first-order valence-electron chi connectivity index (χ1n) is 13.3. The van der Waals surface area contributed by atoms with Crippen LogP contribution in [-0.4, -0.2) is 42.1 Å². The molecule has 0 spiro atoms. The molecule has 3 aromatic carbocycles. The highest BCUT2D eigenvalue weighted by atomic mass is 32.1. The third-order valence-corrected chi connectivity index (χ3v) is 7.68. The second kappa shape index (κ2) is 12.0. The fourth-order valence-corrected chi connectivity index (χ4v) is 5.71. The molecule has 1 atom stereocenters. The van der Waals surface area contributed by atoms with Crippen LogP contribution in [0.25, 0.3) is 16.0 Å². The zero-order chi connectivity index (χ0) is 29.1. The smallest absolute Gasteiger partial charge is 0.301 e. The highest BCUT2D eigenvalue weighted by Gasteiger charge is 2.48. The van der Waals surface area contributed by atoms with E-state index < -0.39 is 23.5 Å². The molecule has 1 aliphatic heterocycles. The number of methoxy groups -OCH3 is 1. The number of benzene rings is 3. The summed E-state index contributed by atoms with van der Waals surface area (Å²) in [5.74, 6) is -1.10. The number of halogens is 1. The van der Waals surface area contributed by atoms with Gasteiger partial charge in [-0.25, -0.2) is 9.37 Å². The average molecular weight is 577 g/mol. The van der Waals surface area contributed by atoms with Crippen LogP contribution < -0.4 is 19.1 Å². The summed E-state index contributed by atoms with van der Waals surface area (Å²) in [5, 5.41) is 11.7. The van der Waals surface area contributed by atoms with Crippen LogP contribution in [-0.2, 0) is 9.59 Å². The number of hydrogen-bond acceptors (Lipinski definition) is 8. The van der Waals surface area contributed by atoms with Gasteiger partial charge in [-0.2, -0.15) is 0 Å². The second-order valence-electron chi connectivity index (χ2n) is 9.35. The van der Waals surface area contributed by atoms with Crippen LogP contribution in [0.1, 0.15) is 43.9 Å². The molecule has 1 aliphatic rings. The number of ether oxygens (including phenoxy) is 3. The molecular formula is C31H29FN2O6S. The van der Waals surface area contributed by atoms with E-state index in [-0.39, 0.29) is 16.5 Å². The SMILES string of the molecule is CCCCOc1ccc(C2C(=C(O)c3cccc(OCC)c3)C(=O)C(=O)N2c2nc3ccc(F)cc3s2)cc1OC. The van der Waals surface area contributed by atoms with Gasteiger partial charge >= 0.3 is 5.91 Å². The molecule has 1 unspecified atom stereocenters. The van der Waals surface area contributed by atoms with Crippen molar-refractivity contribution in [3.63, 3.8) is 0 Å². The highest BCUT2D eigenvalue weighted by molar-refractivity contribution is 7.22. The minimum Gasteiger partial charge on any atom is -0.507 e.